The van der Waals surface area contributed by atoms with E-state index in [9.17, 15) is 0 Å². The lowest BCUT2D eigenvalue weighted by atomic mass is 9.98. The fourth-order valence-corrected chi connectivity index (χ4v) is 4.99. The van der Waals surface area contributed by atoms with Gasteiger partial charge in [0.15, 0.2) is 5.82 Å². The first-order valence-corrected chi connectivity index (χ1v) is 11.5. The molecule has 3 heterocycles. The Hall–Kier alpha value is -3.48. The Kier molecular flexibility index (Phi) is 5.48. The highest BCUT2D eigenvalue weighted by molar-refractivity contribution is 5.49. The average molecular weight is 443 g/mol. The zero-order valence-electron chi connectivity index (χ0n) is 20.0. The van der Waals surface area contributed by atoms with Crippen molar-refractivity contribution >= 4 is 0 Å². The lowest BCUT2D eigenvalue weighted by Gasteiger charge is -2.23. The van der Waals surface area contributed by atoms with Crippen molar-refractivity contribution in [1.82, 2.24) is 29.5 Å². The van der Waals surface area contributed by atoms with Crippen LogP contribution in [0.3, 0.4) is 0 Å². The van der Waals surface area contributed by atoms with Crippen LogP contribution in [0.4, 0.5) is 0 Å². The van der Waals surface area contributed by atoms with Crippen molar-refractivity contribution in [2.45, 2.75) is 59.4 Å². The van der Waals surface area contributed by atoms with E-state index < -0.39 is 0 Å². The average Bonchev–Trinajstić information content (AvgIpc) is 3.35. The van der Waals surface area contributed by atoms with Gasteiger partial charge in [-0.25, -0.2) is 19.3 Å². The number of benzene rings is 2. The van der Waals surface area contributed by atoms with Crippen LogP contribution in [-0.2, 0) is 19.4 Å². The molecule has 0 spiro atoms. The SMILES string of the molecule is COc1cccc(Cc2nc(C3CCc4nc(C)nn4C3)n(-c3c(C)cc(C)cc3C)n2)c1. The van der Waals surface area contributed by atoms with Crippen molar-refractivity contribution in [3.05, 3.63) is 81.9 Å². The maximum Gasteiger partial charge on any atom is 0.155 e. The van der Waals surface area contributed by atoms with Gasteiger partial charge in [-0.15, -0.1) is 0 Å². The normalized spacial score (nSPS) is 15.5. The number of rotatable bonds is 5. The Labute approximate surface area is 194 Å². The lowest BCUT2D eigenvalue weighted by Crippen LogP contribution is -2.23. The highest BCUT2D eigenvalue weighted by Gasteiger charge is 2.28. The summed E-state index contributed by atoms with van der Waals surface area (Å²) in [4.78, 5) is 9.67. The van der Waals surface area contributed by atoms with Crippen molar-refractivity contribution < 1.29 is 4.74 Å². The summed E-state index contributed by atoms with van der Waals surface area (Å²) < 4.78 is 9.53. The van der Waals surface area contributed by atoms with Crippen LogP contribution in [0.15, 0.2) is 36.4 Å². The molecule has 1 aliphatic heterocycles. The molecule has 7 nitrogen and oxygen atoms in total. The summed E-state index contributed by atoms with van der Waals surface area (Å²) in [5.74, 6) is 4.79. The molecule has 0 N–H and O–H groups in total. The molecule has 4 aromatic rings. The van der Waals surface area contributed by atoms with Gasteiger partial charge in [0.25, 0.3) is 0 Å². The second-order valence-corrected chi connectivity index (χ2v) is 9.07. The smallest absolute Gasteiger partial charge is 0.155 e. The Balaban J connectivity index is 1.58. The minimum atomic E-state index is 0.227. The van der Waals surface area contributed by atoms with Crippen LogP contribution in [0.25, 0.3) is 5.69 Å². The summed E-state index contributed by atoms with van der Waals surface area (Å²) in [5, 5.41) is 9.64. The van der Waals surface area contributed by atoms with Crippen LogP contribution in [0.5, 0.6) is 5.75 Å². The molecular weight excluding hydrogens is 412 g/mol. The predicted molar refractivity (Wildman–Crippen MR) is 127 cm³/mol. The summed E-state index contributed by atoms with van der Waals surface area (Å²) in [6, 6.07) is 12.5. The first-order chi connectivity index (χ1) is 15.9. The molecule has 0 amide bonds. The topological polar surface area (TPSA) is 70.7 Å². The van der Waals surface area contributed by atoms with Gasteiger partial charge in [0, 0.05) is 18.8 Å². The van der Waals surface area contributed by atoms with Gasteiger partial charge in [0.2, 0.25) is 0 Å². The molecule has 5 rings (SSSR count). The molecule has 0 saturated heterocycles. The zero-order chi connectivity index (χ0) is 23.1. The van der Waals surface area contributed by atoms with Gasteiger partial charge in [0.1, 0.15) is 23.2 Å². The van der Waals surface area contributed by atoms with Crippen molar-refractivity contribution in [3.63, 3.8) is 0 Å². The second-order valence-electron chi connectivity index (χ2n) is 9.07. The van der Waals surface area contributed by atoms with Gasteiger partial charge in [-0.2, -0.15) is 10.2 Å². The Bertz CT molecular complexity index is 1300. The molecule has 1 unspecified atom stereocenters. The molecule has 1 atom stereocenters. The van der Waals surface area contributed by atoms with E-state index in [1.54, 1.807) is 7.11 Å². The van der Waals surface area contributed by atoms with Crippen LogP contribution in [0.1, 0.15) is 57.9 Å². The van der Waals surface area contributed by atoms with Crippen LogP contribution in [0, 0.1) is 27.7 Å². The first kappa shape index (κ1) is 21.4. The molecule has 7 heteroatoms. The number of ether oxygens (including phenoxy) is 1. The molecule has 0 radical (unpaired) electrons. The van der Waals surface area contributed by atoms with Gasteiger partial charge < -0.3 is 4.74 Å². The van der Waals surface area contributed by atoms with Gasteiger partial charge in [-0.1, -0.05) is 29.8 Å². The van der Waals surface area contributed by atoms with Crippen LogP contribution < -0.4 is 4.74 Å². The molecule has 33 heavy (non-hydrogen) atoms. The second kappa shape index (κ2) is 8.46. The Morgan fingerprint density at radius 2 is 1.79 bits per heavy atom. The standard InChI is InChI=1S/C26H30N6O/c1-16-11-17(2)25(18(3)12-16)32-26(21-9-10-24-27-19(4)29-31(24)15-21)28-23(30-32)14-20-7-6-8-22(13-20)33-5/h6-8,11-13,21H,9-10,14-15H2,1-5H3. The largest absolute Gasteiger partial charge is 0.497 e. The molecular formula is C26H30N6O. The number of aryl methyl sites for hydroxylation is 5. The maximum atomic E-state index is 5.40. The van der Waals surface area contributed by atoms with Gasteiger partial charge >= 0.3 is 0 Å². The number of nitrogens with zero attached hydrogens (tertiary/aromatic N) is 6. The minimum Gasteiger partial charge on any atom is -0.497 e. The van der Waals surface area contributed by atoms with Crippen LogP contribution in [-0.4, -0.2) is 36.6 Å². The van der Waals surface area contributed by atoms with E-state index in [-0.39, 0.29) is 5.92 Å². The van der Waals surface area contributed by atoms with E-state index in [1.807, 2.05) is 29.8 Å². The number of fused-ring (bicyclic) bond motifs is 1. The van der Waals surface area contributed by atoms with Gasteiger partial charge in [0.05, 0.1) is 19.3 Å². The Morgan fingerprint density at radius 3 is 2.55 bits per heavy atom. The van der Waals surface area contributed by atoms with E-state index in [0.717, 1.165) is 59.7 Å². The van der Waals surface area contributed by atoms with Gasteiger partial charge in [-0.3, -0.25) is 0 Å². The lowest BCUT2D eigenvalue weighted by molar-refractivity contribution is 0.404. The van der Waals surface area contributed by atoms with Crippen molar-refractivity contribution in [2.24, 2.45) is 0 Å². The van der Waals surface area contributed by atoms with Crippen LogP contribution in [0.2, 0.25) is 0 Å². The van der Waals surface area contributed by atoms with Crippen LogP contribution >= 0.6 is 0 Å². The summed E-state index contributed by atoms with van der Waals surface area (Å²) in [6.07, 6.45) is 2.54. The van der Waals surface area contributed by atoms with E-state index in [2.05, 4.69) is 53.7 Å². The van der Waals surface area contributed by atoms with Crippen molar-refractivity contribution in [2.75, 3.05) is 7.11 Å². The molecule has 170 valence electrons. The monoisotopic (exact) mass is 442 g/mol. The molecule has 0 fully saturated rings. The molecule has 0 aliphatic carbocycles. The van der Waals surface area contributed by atoms with E-state index in [4.69, 9.17) is 14.8 Å². The molecule has 2 aromatic heterocycles. The maximum absolute atomic E-state index is 5.40. The molecule has 0 bridgehead atoms. The van der Waals surface area contributed by atoms with E-state index in [0.29, 0.717) is 6.42 Å². The number of aromatic nitrogens is 6. The Morgan fingerprint density at radius 1 is 1.00 bits per heavy atom. The minimum absolute atomic E-state index is 0.227. The zero-order valence-corrected chi connectivity index (χ0v) is 20.0. The van der Waals surface area contributed by atoms with E-state index in [1.165, 1.54) is 16.7 Å². The summed E-state index contributed by atoms with van der Waals surface area (Å²) in [5.41, 5.74) is 5.93. The summed E-state index contributed by atoms with van der Waals surface area (Å²) in [6.45, 7) is 9.17. The van der Waals surface area contributed by atoms with Gasteiger partial charge in [-0.05, 0) is 62.9 Å². The highest BCUT2D eigenvalue weighted by Crippen LogP contribution is 2.31. The van der Waals surface area contributed by atoms with Crippen molar-refractivity contribution in [1.29, 1.82) is 0 Å². The number of hydrogen-bond donors (Lipinski definition) is 0. The number of methoxy groups -OCH3 is 1. The third-order valence-corrected chi connectivity index (χ3v) is 6.35. The fraction of sp³-hybridized carbons (Fsp3) is 0.385. The third kappa shape index (κ3) is 4.15. The van der Waals surface area contributed by atoms with Crippen molar-refractivity contribution in [3.8, 4) is 11.4 Å². The number of hydrogen-bond acceptors (Lipinski definition) is 5. The first-order valence-electron chi connectivity index (χ1n) is 11.5. The quantitative estimate of drug-likeness (QED) is 0.458. The van der Waals surface area contributed by atoms with E-state index >= 15 is 0 Å². The fourth-order valence-electron chi connectivity index (χ4n) is 4.99. The third-order valence-electron chi connectivity index (χ3n) is 6.35. The molecule has 0 saturated carbocycles. The summed E-state index contributed by atoms with van der Waals surface area (Å²) >= 11 is 0. The predicted octanol–water partition coefficient (Wildman–Crippen LogP) is 4.42. The molecule has 2 aromatic carbocycles. The highest BCUT2D eigenvalue weighted by atomic mass is 16.5. The molecule has 1 aliphatic rings. The summed E-state index contributed by atoms with van der Waals surface area (Å²) in [7, 11) is 1.69.